The monoisotopic (exact) mass is 361 g/mol. The number of thiophene rings is 1. The smallest absolute Gasteiger partial charge is 0.320 e. The van der Waals surface area contributed by atoms with Crippen LogP contribution >= 0.6 is 22.9 Å². The minimum absolute atomic E-state index is 0.178. The first kappa shape index (κ1) is 16.9. The fourth-order valence-electron chi connectivity index (χ4n) is 1.76. The number of para-hydroxylation sites is 1. The molecule has 2 N–H and O–H groups in total. The van der Waals surface area contributed by atoms with Crippen molar-refractivity contribution in [1.29, 1.82) is 0 Å². The third-order valence-corrected chi connectivity index (χ3v) is 5.71. The standard InChI is InChI=1S/C13H13ClN2O4S2/c1-16(2,22(18,19)20)11-7-8-21-12(11)13(17)15-10-6-4-3-5-9(10)14/h3-8H,1-2H3,(H-,15,17,18,19,20)/p+1. The van der Waals surface area contributed by atoms with E-state index in [0.29, 0.717) is 10.7 Å². The van der Waals surface area contributed by atoms with Crippen molar-refractivity contribution in [2.45, 2.75) is 0 Å². The number of nitrogens with zero attached hydrogens (tertiary/aromatic N) is 1. The van der Waals surface area contributed by atoms with Crippen molar-refractivity contribution in [2.24, 2.45) is 0 Å². The largest absolute Gasteiger partial charge is 0.437 e. The third kappa shape index (κ3) is 3.16. The lowest BCUT2D eigenvalue weighted by molar-refractivity contribution is 0.103. The van der Waals surface area contributed by atoms with E-state index in [4.69, 9.17) is 11.6 Å². The second-order valence-corrected chi connectivity index (χ2v) is 8.00. The maximum Gasteiger partial charge on any atom is 0.437 e. The highest BCUT2D eigenvalue weighted by Crippen LogP contribution is 2.32. The van der Waals surface area contributed by atoms with Crippen LogP contribution in [-0.2, 0) is 10.3 Å². The predicted octanol–water partition coefficient (Wildman–Crippen LogP) is 3.02. The molecule has 0 spiro atoms. The summed E-state index contributed by atoms with van der Waals surface area (Å²) >= 11 is 7.06. The van der Waals surface area contributed by atoms with Gasteiger partial charge in [0.1, 0.15) is 0 Å². The molecule has 22 heavy (non-hydrogen) atoms. The van der Waals surface area contributed by atoms with E-state index in [2.05, 4.69) is 5.32 Å². The minimum atomic E-state index is -4.42. The summed E-state index contributed by atoms with van der Waals surface area (Å²) in [5, 5.41) is 4.59. The predicted molar refractivity (Wildman–Crippen MR) is 88.9 cm³/mol. The number of rotatable bonds is 4. The highest BCUT2D eigenvalue weighted by Gasteiger charge is 2.38. The van der Waals surface area contributed by atoms with Crippen LogP contribution in [0.15, 0.2) is 35.7 Å². The van der Waals surface area contributed by atoms with Crippen molar-refractivity contribution in [3.05, 3.63) is 45.6 Å². The van der Waals surface area contributed by atoms with Crippen molar-refractivity contribution in [1.82, 2.24) is 3.89 Å². The summed E-state index contributed by atoms with van der Waals surface area (Å²) in [4.78, 5) is 12.6. The molecule has 1 heterocycles. The molecular formula is C13H14ClN2O4S2+. The first-order chi connectivity index (χ1) is 10.1. The summed E-state index contributed by atoms with van der Waals surface area (Å²) in [7, 11) is -1.86. The van der Waals surface area contributed by atoms with Crippen LogP contribution in [0, 0.1) is 0 Å². The lowest BCUT2D eigenvalue weighted by Crippen LogP contribution is -2.46. The van der Waals surface area contributed by atoms with Crippen LogP contribution in [0.3, 0.4) is 0 Å². The number of amides is 1. The zero-order chi connectivity index (χ0) is 16.5. The molecule has 1 amide bonds. The van der Waals surface area contributed by atoms with E-state index in [9.17, 15) is 17.8 Å². The molecule has 2 aromatic rings. The molecule has 0 aliphatic rings. The topological polar surface area (TPSA) is 83.5 Å². The number of hydrogen-bond donors (Lipinski definition) is 2. The third-order valence-electron chi connectivity index (χ3n) is 3.13. The molecule has 0 unspecified atom stereocenters. The van der Waals surface area contributed by atoms with Gasteiger partial charge in [0.05, 0.1) is 24.8 Å². The van der Waals surface area contributed by atoms with Crippen molar-refractivity contribution in [3.8, 4) is 0 Å². The van der Waals surface area contributed by atoms with E-state index in [0.717, 1.165) is 11.3 Å². The van der Waals surface area contributed by atoms with Gasteiger partial charge in [-0.05, 0) is 17.5 Å². The van der Waals surface area contributed by atoms with Crippen LogP contribution in [0.1, 0.15) is 9.67 Å². The molecule has 2 rings (SSSR count). The van der Waals surface area contributed by atoms with Gasteiger partial charge in [-0.25, -0.2) is 4.55 Å². The van der Waals surface area contributed by atoms with Crippen LogP contribution < -0.4 is 9.21 Å². The SMILES string of the molecule is C[N+](C)(c1ccsc1C(=O)Nc1ccccc1Cl)S(=O)(=O)O. The zero-order valence-corrected chi connectivity index (χ0v) is 14.2. The first-order valence-corrected chi connectivity index (χ1v) is 8.75. The molecule has 0 aliphatic heterocycles. The number of nitrogens with one attached hydrogen (secondary N) is 1. The van der Waals surface area contributed by atoms with Gasteiger partial charge in [0.15, 0.2) is 10.6 Å². The van der Waals surface area contributed by atoms with Gasteiger partial charge in [-0.2, -0.15) is 3.89 Å². The summed E-state index contributed by atoms with van der Waals surface area (Å²) in [5.41, 5.74) is 0.600. The Labute approximate surface area is 137 Å². The summed E-state index contributed by atoms with van der Waals surface area (Å²) in [6, 6.07) is 8.20. The molecule has 0 bridgehead atoms. The van der Waals surface area contributed by atoms with Crippen LogP contribution in [-0.4, -0.2) is 33.0 Å². The Kier molecular flexibility index (Phi) is 4.59. The second kappa shape index (κ2) is 5.98. The minimum Gasteiger partial charge on any atom is -0.320 e. The fourth-order valence-corrected chi connectivity index (χ4v) is 3.31. The number of anilines is 1. The molecular weight excluding hydrogens is 348 g/mol. The lowest BCUT2D eigenvalue weighted by Gasteiger charge is -2.23. The van der Waals surface area contributed by atoms with Gasteiger partial charge >= 0.3 is 10.3 Å². The van der Waals surface area contributed by atoms with Gasteiger partial charge in [-0.1, -0.05) is 23.7 Å². The molecule has 1 aromatic heterocycles. The van der Waals surface area contributed by atoms with E-state index < -0.39 is 20.1 Å². The van der Waals surface area contributed by atoms with E-state index >= 15 is 0 Å². The van der Waals surface area contributed by atoms with Gasteiger partial charge in [0.25, 0.3) is 5.91 Å². The van der Waals surface area contributed by atoms with E-state index in [-0.39, 0.29) is 10.6 Å². The number of carbonyl (C=O) groups excluding carboxylic acids is 1. The van der Waals surface area contributed by atoms with Crippen molar-refractivity contribution in [3.63, 3.8) is 0 Å². The van der Waals surface area contributed by atoms with Gasteiger partial charge < -0.3 is 5.32 Å². The molecule has 118 valence electrons. The molecule has 0 saturated carbocycles. The first-order valence-electron chi connectivity index (χ1n) is 6.10. The van der Waals surface area contributed by atoms with E-state index in [1.54, 1.807) is 29.6 Å². The molecule has 0 saturated heterocycles. The fraction of sp³-hybridized carbons (Fsp3) is 0.154. The Bertz CT molecular complexity index is 815. The number of quaternary nitrogens is 1. The molecule has 9 heteroatoms. The number of halogens is 1. The van der Waals surface area contributed by atoms with E-state index in [1.165, 1.54) is 20.2 Å². The number of benzene rings is 1. The summed E-state index contributed by atoms with van der Waals surface area (Å²) in [6.07, 6.45) is 0. The number of hydrogen-bond acceptors (Lipinski definition) is 4. The Morgan fingerprint density at radius 2 is 1.91 bits per heavy atom. The lowest BCUT2D eigenvalue weighted by atomic mass is 10.3. The maximum absolute atomic E-state index is 12.4. The van der Waals surface area contributed by atoms with Gasteiger partial charge in [0.2, 0.25) is 0 Å². The van der Waals surface area contributed by atoms with Crippen molar-refractivity contribution in [2.75, 3.05) is 19.4 Å². The molecule has 0 aliphatic carbocycles. The number of carbonyl (C=O) groups is 1. The average molecular weight is 362 g/mol. The van der Waals surface area contributed by atoms with Gasteiger partial charge in [-0.3, -0.25) is 4.79 Å². The molecule has 1 aromatic carbocycles. The molecule has 6 nitrogen and oxygen atoms in total. The normalized spacial score (nSPS) is 12.2. The van der Waals surface area contributed by atoms with Crippen LogP contribution in [0.2, 0.25) is 5.02 Å². The molecule has 0 radical (unpaired) electrons. The van der Waals surface area contributed by atoms with E-state index in [1.807, 2.05) is 0 Å². The van der Waals surface area contributed by atoms with Crippen molar-refractivity contribution < 1.29 is 17.8 Å². The Hall–Kier alpha value is -1.45. The molecule has 0 atom stereocenters. The average Bonchev–Trinajstić information content (AvgIpc) is 2.90. The Morgan fingerprint density at radius 3 is 2.50 bits per heavy atom. The van der Waals surface area contributed by atoms with Gasteiger partial charge in [-0.15, -0.1) is 19.8 Å². The van der Waals surface area contributed by atoms with Crippen LogP contribution in [0.5, 0.6) is 0 Å². The molecule has 0 fully saturated rings. The summed E-state index contributed by atoms with van der Waals surface area (Å²) in [5.74, 6) is -0.493. The summed E-state index contributed by atoms with van der Waals surface area (Å²) < 4.78 is 31.5. The van der Waals surface area contributed by atoms with Gasteiger partial charge in [0, 0.05) is 6.07 Å². The quantitative estimate of drug-likeness (QED) is 0.647. The second-order valence-electron chi connectivity index (χ2n) is 4.87. The highest BCUT2D eigenvalue weighted by atomic mass is 35.5. The van der Waals surface area contributed by atoms with Crippen molar-refractivity contribution >= 4 is 50.5 Å². The van der Waals surface area contributed by atoms with Crippen LogP contribution in [0.25, 0.3) is 0 Å². The zero-order valence-electron chi connectivity index (χ0n) is 11.8. The Balaban J connectivity index is 2.38. The van der Waals surface area contributed by atoms with Crippen LogP contribution in [0.4, 0.5) is 11.4 Å². The Morgan fingerprint density at radius 1 is 1.27 bits per heavy atom. The maximum atomic E-state index is 12.4. The summed E-state index contributed by atoms with van der Waals surface area (Å²) in [6.45, 7) is 0. The highest BCUT2D eigenvalue weighted by molar-refractivity contribution is 7.85.